The number of halogens is 2. The maximum atomic E-state index is 11.9. The standard InChI is InChI=1S/C11H9F2NO4/c12-11(13)18-8-3-1-2-7(6-8)14-9(15)4-5-10(16)17/h1-6,11H,(H,14,15)(H,16,17). The van der Waals surface area contributed by atoms with Crippen LogP contribution in [0.1, 0.15) is 0 Å². The minimum atomic E-state index is -2.96. The van der Waals surface area contributed by atoms with E-state index in [1.165, 1.54) is 24.3 Å². The molecule has 0 bridgehead atoms. The van der Waals surface area contributed by atoms with Crippen LogP contribution in [0, 0.1) is 0 Å². The van der Waals surface area contributed by atoms with Crippen LogP contribution in [0.4, 0.5) is 14.5 Å². The molecule has 0 saturated heterocycles. The summed E-state index contributed by atoms with van der Waals surface area (Å²) in [5.41, 5.74) is 0.216. The van der Waals surface area contributed by atoms with E-state index in [9.17, 15) is 18.4 Å². The Kier molecular flexibility index (Phi) is 4.79. The second-order valence-electron chi connectivity index (χ2n) is 3.07. The van der Waals surface area contributed by atoms with Crippen molar-refractivity contribution in [3.8, 4) is 5.75 Å². The minimum Gasteiger partial charge on any atom is -0.478 e. The maximum absolute atomic E-state index is 11.9. The first kappa shape index (κ1) is 13.6. The van der Waals surface area contributed by atoms with Crippen LogP contribution in [0.25, 0.3) is 0 Å². The molecule has 0 spiro atoms. The Morgan fingerprint density at radius 3 is 2.67 bits per heavy atom. The molecule has 1 aromatic carbocycles. The van der Waals surface area contributed by atoms with E-state index in [4.69, 9.17) is 5.11 Å². The van der Waals surface area contributed by atoms with Crippen molar-refractivity contribution in [2.24, 2.45) is 0 Å². The average Bonchev–Trinajstić information content (AvgIpc) is 2.26. The number of anilines is 1. The van der Waals surface area contributed by atoms with Gasteiger partial charge in [-0.1, -0.05) is 6.07 Å². The summed E-state index contributed by atoms with van der Waals surface area (Å²) >= 11 is 0. The van der Waals surface area contributed by atoms with Crippen LogP contribution in [-0.2, 0) is 9.59 Å². The van der Waals surface area contributed by atoms with Gasteiger partial charge in [-0.25, -0.2) is 4.79 Å². The van der Waals surface area contributed by atoms with Gasteiger partial charge in [0.1, 0.15) is 5.75 Å². The number of nitrogens with one attached hydrogen (secondary N) is 1. The first-order valence-corrected chi connectivity index (χ1v) is 4.74. The lowest BCUT2D eigenvalue weighted by Crippen LogP contribution is -2.09. The average molecular weight is 257 g/mol. The highest BCUT2D eigenvalue weighted by molar-refractivity contribution is 6.02. The Morgan fingerprint density at radius 2 is 2.06 bits per heavy atom. The van der Waals surface area contributed by atoms with Crippen LogP contribution in [0.15, 0.2) is 36.4 Å². The van der Waals surface area contributed by atoms with Gasteiger partial charge in [-0.05, 0) is 12.1 Å². The highest BCUT2D eigenvalue weighted by Crippen LogP contribution is 2.19. The summed E-state index contributed by atoms with van der Waals surface area (Å²) in [7, 11) is 0. The first-order chi connectivity index (χ1) is 8.47. The van der Waals surface area contributed by atoms with E-state index in [1.807, 2.05) is 0 Å². The maximum Gasteiger partial charge on any atom is 0.387 e. The fraction of sp³-hybridized carbons (Fsp3) is 0.0909. The van der Waals surface area contributed by atoms with Gasteiger partial charge in [0.25, 0.3) is 0 Å². The highest BCUT2D eigenvalue weighted by Gasteiger charge is 2.05. The molecule has 0 aromatic heterocycles. The van der Waals surface area contributed by atoms with Gasteiger partial charge in [-0.2, -0.15) is 8.78 Å². The molecule has 0 aliphatic rings. The van der Waals surface area contributed by atoms with Gasteiger partial charge in [0.15, 0.2) is 0 Å². The molecule has 2 N–H and O–H groups in total. The van der Waals surface area contributed by atoms with Gasteiger partial charge in [0, 0.05) is 23.9 Å². The predicted molar refractivity (Wildman–Crippen MR) is 58.5 cm³/mol. The lowest BCUT2D eigenvalue weighted by molar-refractivity contribution is -0.131. The van der Waals surface area contributed by atoms with Crippen LogP contribution < -0.4 is 10.1 Å². The smallest absolute Gasteiger partial charge is 0.387 e. The third kappa shape index (κ3) is 5.06. The minimum absolute atomic E-state index is 0.106. The molecule has 1 amide bonds. The Hall–Kier alpha value is -2.44. The number of rotatable bonds is 5. The van der Waals surface area contributed by atoms with Gasteiger partial charge in [-0.3, -0.25) is 4.79 Å². The summed E-state index contributed by atoms with van der Waals surface area (Å²) in [6.45, 7) is -2.96. The molecule has 0 heterocycles. The van der Waals surface area contributed by atoms with E-state index in [1.54, 1.807) is 0 Å². The van der Waals surface area contributed by atoms with Crippen molar-refractivity contribution in [3.05, 3.63) is 36.4 Å². The van der Waals surface area contributed by atoms with Crippen molar-refractivity contribution in [3.63, 3.8) is 0 Å². The molecule has 7 heteroatoms. The van der Waals surface area contributed by atoms with Crippen LogP contribution in [0.5, 0.6) is 5.75 Å². The quantitative estimate of drug-likeness (QED) is 0.789. The summed E-state index contributed by atoms with van der Waals surface area (Å²) in [6, 6.07) is 5.35. The van der Waals surface area contributed by atoms with Crippen molar-refractivity contribution >= 4 is 17.6 Å². The number of carbonyl (C=O) groups excluding carboxylic acids is 1. The largest absolute Gasteiger partial charge is 0.478 e. The number of amides is 1. The van der Waals surface area contributed by atoms with Crippen molar-refractivity contribution in [1.82, 2.24) is 0 Å². The lowest BCUT2D eigenvalue weighted by atomic mass is 10.3. The number of carboxylic acid groups (broad SMARTS) is 1. The van der Waals surface area contributed by atoms with Crippen LogP contribution >= 0.6 is 0 Å². The molecule has 0 fully saturated rings. The summed E-state index contributed by atoms with van der Waals surface area (Å²) in [5.74, 6) is -2.06. The summed E-state index contributed by atoms with van der Waals surface area (Å²) in [6.07, 6.45) is 1.47. The Morgan fingerprint density at radius 1 is 1.33 bits per heavy atom. The molecule has 18 heavy (non-hydrogen) atoms. The van der Waals surface area contributed by atoms with Crippen LogP contribution in [0.3, 0.4) is 0 Å². The molecule has 1 aromatic rings. The molecule has 1 rings (SSSR count). The monoisotopic (exact) mass is 257 g/mol. The zero-order valence-corrected chi connectivity index (χ0v) is 8.97. The lowest BCUT2D eigenvalue weighted by Gasteiger charge is -2.06. The molecule has 0 aliphatic carbocycles. The van der Waals surface area contributed by atoms with Gasteiger partial charge in [0.2, 0.25) is 5.91 Å². The zero-order valence-electron chi connectivity index (χ0n) is 8.97. The molecule has 5 nitrogen and oxygen atoms in total. The van der Waals surface area contributed by atoms with Gasteiger partial charge in [-0.15, -0.1) is 0 Å². The molecule has 0 saturated carbocycles. The van der Waals surface area contributed by atoms with E-state index < -0.39 is 18.5 Å². The third-order valence-corrected chi connectivity index (χ3v) is 1.70. The number of benzene rings is 1. The topological polar surface area (TPSA) is 75.6 Å². The number of alkyl halides is 2. The van der Waals surface area contributed by atoms with Gasteiger partial charge in [0.05, 0.1) is 0 Å². The van der Waals surface area contributed by atoms with E-state index in [-0.39, 0.29) is 11.4 Å². The van der Waals surface area contributed by atoms with Crippen molar-refractivity contribution in [1.29, 1.82) is 0 Å². The van der Waals surface area contributed by atoms with Crippen LogP contribution in [-0.4, -0.2) is 23.6 Å². The van der Waals surface area contributed by atoms with E-state index >= 15 is 0 Å². The normalized spacial score (nSPS) is 10.6. The highest BCUT2D eigenvalue weighted by atomic mass is 19.3. The van der Waals surface area contributed by atoms with Crippen molar-refractivity contribution < 1.29 is 28.2 Å². The fourth-order valence-electron chi connectivity index (χ4n) is 1.08. The number of carbonyl (C=O) groups is 2. The molecular formula is C11H9F2NO4. The van der Waals surface area contributed by atoms with Gasteiger partial charge < -0.3 is 15.2 Å². The molecule has 0 unspecified atom stereocenters. The number of hydrogen-bond acceptors (Lipinski definition) is 3. The molecule has 0 atom stereocenters. The van der Waals surface area contributed by atoms with E-state index in [2.05, 4.69) is 10.1 Å². The SMILES string of the molecule is O=C(O)C=CC(=O)Nc1cccc(OC(F)F)c1. The Bertz CT molecular complexity index is 474. The number of carboxylic acids is 1. The number of hydrogen-bond donors (Lipinski definition) is 2. The zero-order chi connectivity index (χ0) is 13.5. The van der Waals surface area contributed by atoms with Crippen molar-refractivity contribution in [2.75, 3.05) is 5.32 Å². The van der Waals surface area contributed by atoms with Crippen LogP contribution in [0.2, 0.25) is 0 Å². The summed E-state index contributed by atoms with van der Waals surface area (Å²) in [5, 5.41) is 10.6. The summed E-state index contributed by atoms with van der Waals surface area (Å²) in [4.78, 5) is 21.4. The summed E-state index contributed by atoms with van der Waals surface area (Å²) < 4.78 is 28.0. The molecule has 0 aliphatic heterocycles. The first-order valence-electron chi connectivity index (χ1n) is 4.74. The Labute approximate surface area is 101 Å². The second kappa shape index (κ2) is 6.33. The van der Waals surface area contributed by atoms with E-state index in [0.717, 1.165) is 6.08 Å². The second-order valence-corrected chi connectivity index (χ2v) is 3.07. The number of aliphatic carboxylic acids is 1. The fourth-order valence-corrected chi connectivity index (χ4v) is 1.08. The predicted octanol–water partition coefficient (Wildman–Crippen LogP) is 1.87. The van der Waals surface area contributed by atoms with Gasteiger partial charge >= 0.3 is 12.6 Å². The third-order valence-electron chi connectivity index (χ3n) is 1.70. The molecular weight excluding hydrogens is 248 g/mol. The Balaban J connectivity index is 2.67. The number of ether oxygens (including phenoxy) is 1. The van der Waals surface area contributed by atoms with Crippen molar-refractivity contribution in [2.45, 2.75) is 6.61 Å². The molecule has 96 valence electrons. The molecule has 0 radical (unpaired) electrons. The van der Waals surface area contributed by atoms with E-state index in [0.29, 0.717) is 6.08 Å².